The first-order valence-corrected chi connectivity index (χ1v) is 49.2. The number of unbranched alkanes of at least 4 members (excludes halogenated alkanes) is 52. The molecule has 0 aliphatic carbocycles. The largest absolute Gasteiger partial charge is 0.472 e. The topological polar surface area (TPSA) is 237 Å². The first-order chi connectivity index (χ1) is 52.6. The second-order valence-corrected chi connectivity index (χ2v) is 36.9. The minimum Gasteiger partial charge on any atom is -0.462 e. The van der Waals surface area contributed by atoms with Gasteiger partial charge in [0.05, 0.1) is 26.4 Å². The number of aliphatic hydroxyl groups excluding tert-OH is 1. The van der Waals surface area contributed by atoms with Gasteiger partial charge in [0.25, 0.3) is 0 Å². The zero-order valence-electron chi connectivity index (χ0n) is 72.2. The van der Waals surface area contributed by atoms with Crippen LogP contribution in [0.5, 0.6) is 0 Å². The molecule has 648 valence electrons. The summed E-state index contributed by atoms with van der Waals surface area (Å²) < 4.78 is 69.0. The first-order valence-electron chi connectivity index (χ1n) is 46.2. The predicted octanol–water partition coefficient (Wildman–Crippen LogP) is 27.5. The fourth-order valence-corrected chi connectivity index (χ4v) is 15.6. The van der Waals surface area contributed by atoms with E-state index in [4.69, 9.17) is 37.0 Å². The number of carbonyl (C=O) groups excluding carboxylic acids is 4. The minimum absolute atomic E-state index is 0.107. The van der Waals surface area contributed by atoms with Crippen molar-refractivity contribution < 1.29 is 80.2 Å². The number of phosphoric acid groups is 2. The Bertz CT molecular complexity index is 2110. The molecule has 0 heterocycles. The zero-order chi connectivity index (χ0) is 80.2. The Labute approximate surface area is 670 Å². The third-order valence-electron chi connectivity index (χ3n) is 21.4. The number of hydrogen-bond donors (Lipinski definition) is 3. The smallest absolute Gasteiger partial charge is 0.462 e. The molecule has 0 rings (SSSR count). The lowest BCUT2D eigenvalue weighted by atomic mass is 9.99. The van der Waals surface area contributed by atoms with Gasteiger partial charge in [-0.05, 0) is 49.4 Å². The summed E-state index contributed by atoms with van der Waals surface area (Å²) in [6.07, 6.45) is 69.7. The minimum atomic E-state index is -4.97. The van der Waals surface area contributed by atoms with Crippen LogP contribution in [0.4, 0.5) is 0 Å². The summed E-state index contributed by atoms with van der Waals surface area (Å²) in [5, 5.41) is 10.7. The highest BCUT2D eigenvalue weighted by Crippen LogP contribution is 2.45. The molecule has 0 spiro atoms. The van der Waals surface area contributed by atoms with E-state index in [-0.39, 0.29) is 25.7 Å². The van der Waals surface area contributed by atoms with Crippen molar-refractivity contribution in [2.45, 2.75) is 491 Å². The van der Waals surface area contributed by atoms with Gasteiger partial charge in [-0.25, -0.2) is 9.13 Å². The fraction of sp³-hybridized carbons (Fsp3) is 0.956. The second kappa shape index (κ2) is 78.6. The van der Waals surface area contributed by atoms with Gasteiger partial charge in [-0.1, -0.05) is 421 Å². The maximum absolute atomic E-state index is 13.2. The third kappa shape index (κ3) is 82.4. The highest BCUT2D eigenvalue weighted by Gasteiger charge is 2.31. The lowest BCUT2D eigenvalue weighted by Gasteiger charge is -2.21. The Morgan fingerprint density at radius 2 is 0.440 bits per heavy atom. The molecular weight excluding hydrogens is 1410 g/mol. The van der Waals surface area contributed by atoms with Crippen molar-refractivity contribution in [2.24, 2.45) is 23.7 Å². The van der Waals surface area contributed by atoms with Crippen LogP contribution in [0.2, 0.25) is 0 Å². The summed E-state index contributed by atoms with van der Waals surface area (Å²) in [4.78, 5) is 73.3. The maximum atomic E-state index is 13.2. The number of ether oxygens (including phenoxy) is 4. The average molecular weight is 1590 g/mol. The summed E-state index contributed by atoms with van der Waals surface area (Å²) in [5.41, 5.74) is 0. The van der Waals surface area contributed by atoms with E-state index in [0.717, 1.165) is 114 Å². The van der Waals surface area contributed by atoms with Gasteiger partial charge in [-0.3, -0.25) is 37.3 Å². The lowest BCUT2D eigenvalue weighted by Crippen LogP contribution is -2.30. The van der Waals surface area contributed by atoms with Crippen molar-refractivity contribution in [1.82, 2.24) is 0 Å². The van der Waals surface area contributed by atoms with Gasteiger partial charge >= 0.3 is 39.5 Å². The van der Waals surface area contributed by atoms with E-state index in [1.807, 2.05) is 0 Å². The van der Waals surface area contributed by atoms with Crippen LogP contribution in [0.3, 0.4) is 0 Å². The quantitative estimate of drug-likeness (QED) is 0.0222. The number of rotatable bonds is 87. The van der Waals surface area contributed by atoms with Crippen LogP contribution in [0.25, 0.3) is 0 Å². The normalized spacial score (nSPS) is 14.1. The Kier molecular flexibility index (Phi) is 77.2. The van der Waals surface area contributed by atoms with Crippen LogP contribution in [-0.4, -0.2) is 96.7 Å². The fourth-order valence-electron chi connectivity index (χ4n) is 14.0. The van der Waals surface area contributed by atoms with Crippen molar-refractivity contribution >= 4 is 39.5 Å². The molecule has 19 heteroatoms. The predicted molar refractivity (Wildman–Crippen MR) is 451 cm³/mol. The van der Waals surface area contributed by atoms with Crippen molar-refractivity contribution in [3.63, 3.8) is 0 Å². The maximum Gasteiger partial charge on any atom is 0.472 e. The Morgan fingerprint density at radius 1 is 0.257 bits per heavy atom. The van der Waals surface area contributed by atoms with Crippen LogP contribution < -0.4 is 0 Å². The summed E-state index contributed by atoms with van der Waals surface area (Å²) in [7, 11) is -9.93. The average Bonchev–Trinajstić information content (AvgIpc) is 0.978. The Balaban J connectivity index is 5.17. The van der Waals surface area contributed by atoms with Crippen molar-refractivity contribution in [1.29, 1.82) is 0 Å². The highest BCUT2D eigenvalue weighted by molar-refractivity contribution is 7.47. The van der Waals surface area contributed by atoms with Crippen LogP contribution >= 0.6 is 15.6 Å². The van der Waals surface area contributed by atoms with E-state index in [0.29, 0.717) is 31.6 Å². The van der Waals surface area contributed by atoms with Crippen molar-refractivity contribution in [3.05, 3.63) is 0 Å². The molecule has 0 radical (unpaired) electrons. The molecule has 0 fully saturated rings. The van der Waals surface area contributed by atoms with Gasteiger partial charge in [-0.2, -0.15) is 0 Å². The van der Waals surface area contributed by atoms with E-state index >= 15 is 0 Å². The van der Waals surface area contributed by atoms with Gasteiger partial charge in [0.15, 0.2) is 12.2 Å². The number of aliphatic hydroxyl groups is 1. The molecule has 0 amide bonds. The van der Waals surface area contributed by atoms with Crippen LogP contribution in [-0.2, 0) is 65.4 Å². The molecule has 0 aromatic heterocycles. The lowest BCUT2D eigenvalue weighted by molar-refractivity contribution is -0.161. The SMILES string of the molecule is CCC(C)CCCCCCCCCCCCCCCCCCCCC(=O)O[C@H](COC(=O)CCCCCCCCC(C)C)COP(=O)(O)OC[C@H](O)COP(=O)(O)OC[C@@H](COC(=O)CCCCCCCCCCCCCCCCCCCCC(C)C)OC(=O)CCCCCCCCCCCCCCCCC(C)C. The molecule has 0 saturated heterocycles. The van der Waals surface area contributed by atoms with E-state index < -0.39 is 97.5 Å². The van der Waals surface area contributed by atoms with Gasteiger partial charge in [0.2, 0.25) is 0 Å². The summed E-state index contributed by atoms with van der Waals surface area (Å²) >= 11 is 0. The van der Waals surface area contributed by atoms with Gasteiger partial charge in [0, 0.05) is 25.7 Å². The van der Waals surface area contributed by atoms with Gasteiger partial charge in [0.1, 0.15) is 19.3 Å². The molecule has 17 nitrogen and oxygen atoms in total. The molecule has 0 bridgehead atoms. The van der Waals surface area contributed by atoms with E-state index in [1.165, 1.54) is 270 Å². The number of carbonyl (C=O) groups is 4. The molecule has 0 aliphatic heterocycles. The summed E-state index contributed by atoms with van der Waals surface area (Å²) in [5.74, 6) is 1.06. The first kappa shape index (κ1) is 107. The van der Waals surface area contributed by atoms with Gasteiger partial charge < -0.3 is 33.8 Å². The Morgan fingerprint density at radius 3 is 0.651 bits per heavy atom. The molecule has 0 aromatic rings. The molecular formula is C90H176O17P2. The molecule has 3 N–H and O–H groups in total. The zero-order valence-corrected chi connectivity index (χ0v) is 74.0. The number of hydrogen-bond acceptors (Lipinski definition) is 15. The molecule has 6 atom stereocenters. The van der Waals surface area contributed by atoms with Crippen LogP contribution in [0.15, 0.2) is 0 Å². The van der Waals surface area contributed by atoms with E-state index in [9.17, 15) is 43.2 Å². The van der Waals surface area contributed by atoms with E-state index in [1.54, 1.807) is 0 Å². The third-order valence-corrected chi connectivity index (χ3v) is 23.3. The molecule has 0 aliphatic rings. The standard InChI is InChI=1S/C90H176O17P2/c1-9-83(8)69-61-53-44-38-32-26-19-15-11-13-17-21-28-34-40-46-56-64-73-90(95)107-86(77-101-88(93)71-63-55-49-48-52-60-68-82(6)7)79-105-109(98,99)103-75-84(91)74-102-108(96,97)104-78-85(106-89(94)72-65-57-47-41-35-29-23-22-25-31-37-43-51-59-67-81(4)5)76-100-87(92)70-62-54-45-39-33-27-20-16-12-10-14-18-24-30-36-42-50-58-66-80(2)3/h80-86,91H,9-79H2,1-8H3,(H,96,97)(H,98,99)/t83?,84-,85-,86-/m1/s1. The number of esters is 4. The Hall–Kier alpha value is -1.94. The number of phosphoric ester groups is 2. The van der Waals surface area contributed by atoms with Gasteiger partial charge in [-0.15, -0.1) is 0 Å². The molecule has 0 aromatic carbocycles. The molecule has 0 saturated carbocycles. The van der Waals surface area contributed by atoms with Crippen LogP contribution in [0, 0.1) is 23.7 Å². The molecule has 109 heavy (non-hydrogen) atoms. The summed E-state index contributed by atoms with van der Waals surface area (Å²) in [6.45, 7) is 14.3. The van der Waals surface area contributed by atoms with Crippen molar-refractivity contribution in [3.8, 4) is 0 Å². The molecule has 3 unspecified atom stereocenters. The van der Waals surface area contributed by atoms with E-state index in [2.05, 4.69) is 55.4 Å². The summed E-state index contributed by atoms with van der Waals surface area (Å²) in [6, 6.07) is 0. The highest BCUT2D eigenvalue weighted by atomic mass is 31.2. The second-order valence-electron chi connectivity index (χ2n) is 34.0. The monoisotopic (exact) mass is 1590 g/mol. The van der Waals surface area contributed by atoms with Crippen LogP contribution in [0.1, 0.15) is 473 Å². The van der Waals surface area contributed by atoms with Crippen molar-refractivity contribution in [2.75, 3.05) is 39.6 Å².